The lowest BCUT2D eigenvalue weighted by Gasteiger charge is -2.10. The molecule has 0 aliphatic rings. The van der Waals surface area contributed by atoms with Gasteiger partial charge in [-0.1, -0.05) is 12.1 Å². The van der Waals surface area contributed by atoms with Gasteiger partial charge in [0, 0.05) is 26.5 Å². The molecule has 1 N–H and O–H groups in total. The molecular formula is C13H21NO4S. The van der Waals surface area contributed by atoms with Gasteiger partial charge in [0.05, 0.1) is 23.8 Å². The SMILES string of the molecule is COCCOCCCNc1ccccc1S(C)(=O)=O. The van der Waals surface area contributed by atoms with Crippen molar-refractivity contribution in [2.75, 3.05) is 45.0 Å². The number of para-hydroxylation sites is 1. The second-order valence-electron chi connectivity index (χ2n) is 4.15. The molecule has 108 valence electrons. The highest BCUT2D eigenvalue weighted by molar-refractivity contribution is 7.90. The third-order valence-corrected chi connectivity index (χ3v) is 3.65. The van der Waals surface area contributed by atoms with E-state index < -0.39 is 9.84 Å². The van der Waals surface area contributed by atoms with Crippen molar-refractivity contribution in [1.29, 1.82) is 0 Å². The van der Waals surface area contributed by atoms with E-state index in [0.29, 0.717) is 36.9 Å². The maximum absolute atomic E-state index is 11.6. The molecule has 0 heterocycles. The fourth-order valence-electron chi connectivity index (χ4n) is 1.58. The van der Waals surface area contributed by atoms with E-state index in [0.717, 1.165) is 6.42 Å². The number of benzene rings is 1. The van der Waals surface area contributed by atoms with Crippen molar-refractivity contribution in [3.8, 4) is 0 Å². The van der Waals surface area contributed by atoms with Crippen molar-refractivity contribution >= 4 is 15.5 Å². The van der Waals surface area contributed by atoms with Crippen LogP contribution in [0.25, 0.3) is 0 Å². The van der Waals surface area contributed by atoms with E-state index in [4.69, 9.17) is 9.47 Å². The zero-order chi connectivity index (χ0) is 14.1. The fraction of sp³-hybridized carbons (Fsp3) is 0.538. The van der Waals surface area contributed by atoms with Crippen molar-refractivity contribution in [2.24, 2.45) is 0 Å². The van der Waals surface area contributed by atoms with Gasteiger partial charge in [0.15, 0.2) is 9.84 Å². The summed E-state index contributed by atoms with van der Waals surface area (Å²) in [6.07, 6.45) is 2.02. The van der Waals surface area contributed by atoms with Crippen LogP contribution in [0.2, 0.25) is 0 Å². The summed E-state index contributed by atoms with van der Waals surface area (Å²) in [5.74, 6) is 0. The molecule has 1 rings (SSSR count). The van der Waals surface area contributed by atoms with Crippen LogP contribution in [0, 0.1) is 0 Å². The molecule has 0 fully saturated rings. The van der Waals surface area contributed by atoms with Gasteiger partial charge in [-0.3, -0.25) is 0 Å². The number of hydrogen-bond acceptors (Lipinski definition) is 5. The Labute approximate surface area is 114 Å². The van der Waals surface area contributed by atoms with Gasteiger partial charge >= 0.3 is 0 Å². The molecule has 0 bridgehead atoms. The first-order valence-corrected chi connectivity index (χ1v) is 8.04. The Morgan fingerprint density at radius 1 is 1.16 bits per heavy atom. The third-order valence-electron chi connectivity index (χ3n) is 2.50. The number of hydrogen-bond donors (Lipinski definition) is 1. The summed E-state index contributed by atoms with van der Waals surface area (Å²) in [5.41, 5.74) is 0.641. The summed E-state index contributed by atoms with van der Waals surface area (Å²) in [6.45, 7) is 2.46. The Hall–Kier alpha value is -1.11. The Balaban J connectivity index is 2.38. The van der Waals surface area contributed by atoms with Gasteiger partial charge in [-0.05, 0) is 18.6 Å². The fourth-order valence-corrected chi connectivity index (χ4v) is 2.44. The van der Waals surface area contributed by atoms with Crippen molar-refractivity contribution < 1.29 is 17.9 Å². The van der Waals surface area contributed by atoms with Gasteiger partial charge in [0.1, 0.15) is 0 Å². The maximum atomic E-state index is 11.6. The molecule has 0 atom stereocenters. The van der Waals surface area contributed by atoms with Gasteiger partial charge in [0.25, 0.3) is 0 Å². The minimum atomic E-state index is -3.20. The highest BCUT2D eigenvalue weighted by Gasteiger charge is 2.11. The van der Waals surface area contributed by atoms with Crippen molar-refractivity contribution in [1.82, 2.24) is 0 Å². The Kier molecular flexibility index (Phi) is 6.83. The average Bonchev–Trinajstić information content (AvgIpc) is 2.37. The van der Waals surface area contributed by atoms with Crippen LogP contribution in [0.1, 0.15) is 6.42 Å². The number of sulfone groups is 1. The monoisotopic (exact) mass is 287 g/mol. The van der Waals surface area contributed by atoms with E-state index in [1.807, 2.05) is 6.07 Å². The molecule has 1 aromatic rings. The van der Waals surface area contributed by atoms with E-state index in [-0.39, 0.29) is 0 Å². The van der Waals surface area contributed by atoms with Crippen LogP contribution < -0.4 is 5.32 Å². The largest absolute Gasteiger partial charge is 0.384 e. The van der Waals surface area contributed by atoms with Gasteiger partial charge < -0.3 is 14.8 Å². The van der Waals surface area contributed by atoms with E-state index in [1.54, 1.807) is 25.3 Å². The first-order chi connectivity index (χ1) is 9.05. The van der Waals surface area contributed by atoms with Gasteiger partial charge in [-0.15, -0.1) is 0 Å². The molecule has 0 aromatic heterocycles. The Bertz CT molecular complexity index is 473. The Morgan fingerprint density at radius 2 is 1.89 bits per heavy atom. The highest BCUT2D eigenvalue weighted by Crippen LogP contribution is 2.20. The second-order valence-corrected chi connectivity index (χ2v) is 6.14. The van der Waals surface area contributed by atoms with Crippen LogP contribution in [-0.2, 0) is 19.3 Å². The molecule has 0 amide bonds. The first-order valence-electron chi connectivity index (χ1n) is 6.15. The van der Waals surface area contributed by atoms with Crippen LogP contribution in [0.5, 0.6) is 0 Å². The molecule has 1 aromatic carbocycles. The lowest BCUT2D eigenvalue weighted by Crippen LogP contribution is -2.10. The minimum Gasteiger partial charge on any atom is -0.384 e. The lowest BCUT2D eigenvalue weighted by atomic mass is 10.3. The van der Waals surface area contributed by atoms with E-state index >= 15 is 0 Å². The van der Waals surface area contributed by atoms with Crippen molar-refractivity contribution in [3.63, 3.8) is 0 Å². The van der Waals surface area contributed by atoms with E-state index in [9.17, 15) is 8.42 Å². The quantitative estimate of drug-likeness (QED) is 0.698. The molecule has 0 saturated carbocycles. The normalized spacial score (nSPS) is 11.5. The summed E-state index contributed by atoms with van der Waals surface area (Å²) in [5, 5.41) is 3.12. The molecule has 0 radical (unpaired) electrons. The number of rotatable bonds is 9. The van der Waals surface area contributed by atoms with Gasteiger partial charge in [-0.25, -0.2) is 8.42 Å². The molecule has 0 aliphatic carbocycles. The smallest absolute Gasteiger partial charge is 0.177 e. The summed E-state index contributed by atoms with van der Waals surface area (Å²) >= 11 is 0. The Morgan fingerprint density at radius 3 is 2.58 bits per heavy atom. The molecule has 0 aliphatic heterocycles. The number of anilines is 1. The molecule has 5 nitrogen and oxygen atoms in total. The van der Waals surface area contributed by atoms with Gasteiger partial charge in [0.2, 0.25) is 0 Å². The lowest BCUT2D eigenvalue weighted by molar-refractivity contribution is 0.0705. The summed E-state index contributed by atoms with van der Waals surface area (Å²) in [6, 6.07) is 6.90. The third kappa shape index (κ3) is 6.04. The molecule has 0 unspecified atom stereocenters. The van der Waals surface area contributed by atoms with Crippen LogP contribution in [-0.4, -0.2) is 48.1 Å². The number of nitrogens with one attached hydrogen (secondary N) is 1. The zero-order valence-corrected chi connectivity index (χ0v) is 12.2. The van der Waals surface area contributed by atoms with Crippen LogP contribution in [0.15, 0.2) is 29.2 Å². The van der Waals surface area contributed by atoms with E-state index in [2.05, 4.69) is 5.32 Å². The second kappa shape index (κ2) is 8.14. The standard InChI is InChI=1S/C13H21NO4S/c1-17-10-11-18-9-5-8-14-12-6-3-4-7-13(12)19(2,15)16/h3-4,6-7,14H,5,8-11H2,1-2H3. The summed E-state index contributed by atoms with van der Waals surface area (Å²) in [7, 11) is -1.57. The van der Waals surface area contributed by atoms with Gasteiger partial charge in [-0.2, -0.15) is 0 Å². The first kappa shape index (κ1) is 15.9. The number of methoxy groups -OCH3 is 1. The molecule has 19 heavy (non-hydrogen) atoms. The van der Waals surface area contributed by atoms with Crippen LogP contribution in [0.4, 0.5) is 5.69 Å². The predicted molar refractivity (Wildman–Crippen MR) is 75.4 cm³/mol. The van der Waals surface area contributed by atoms with Crippen molar-refractivity contribution in [3.05, 3.63) is 24.3 Å². The predicted octanol–water partition coefficient (Wildman–Crippen LogP) is 1.56. The van der Waals surface area contributed by atoms with E-state index in [1.165, 1.54) is 6.26 Å². The van der Waals surface area contributed by atoms with Crippen molar-refractivity contribution in [2.45, 2.75) is 11.3 Å². The summed E-state index contributed by atoms with van der Waals surface area (Å²) in [4.78, 5) is 0.329. The molecule has 6 heteroatoms. The molecular weight excluding hydrogens is 266 g/mol. The van der Waals surface area contributed by atoms with Crippen LogP contribution in [0.3, 0.4) is 0 Å². The average molecular weight is 287 g/mol. The number of ether oxygens (including phenoxy) is 2. The topological polar surface area (TPSA) is 64.6 Å². The molecule has 0 spiro atoms. The molecule has 0 saturated heterocycles. The minimum absolute atomic E-state index is 0.329. The highest BCUT2D eigenvalue weighted by atomic mass is 32.2. The zero-order valence-electron chi connectivity index (χ0n) is 11.4. The van der Waals surface area contributed by atoms with Crippen LogP contribution >= 0.6 is 0 Å². The maximum Gasteiger partial charge on any atom is 0.177 e. The summed E-state index contributed by atoms with van der Waals surface area (Å²) < 4.78 is 33.4.